The quantitative estimate of drug-likeness (QED) is 0.836. The fourth-order valence-corrected chi connectivity index (χ4v) is 2.78. The molecular formula is C13H20N2OS. The Hall–Kier alpha value is -0.740. The second kappa shape index (κ2) is 4.86. The minimum Gasteiger partial charge on any atom is -0.367 e. The summed E-state index contributed by atoms with van der Waals surface area (Å²) in [5.41, 5.74) is 1.94. The minimum absolute atomic E-state index is 0.221. The zero-order valence-electron chi connectivity index (χ0n) is 10.8. The number of aromatic nitrogens is 2. The first kappa shape index (κ1) is 12.7. The van der Waals surface area contributed by atoms with E-state index in [1.54, 1.807) is 0 Å². The van der Waals surface area contributed by atoms with Crippen LogP contribution in [0.4, 0.5) is 0 Å². The van der Waals surface area contributed by atoms with Crippen molar-refractivity contribution in [1.82, 2.24) is 9.97 Å². The number of H-pyrrole nitrogens is 1. The van der Waals surface area contributed by atoms with E-state index >= 15 is 0 Å². The van der Waals surface area contributed by atoms with E-state index in [4.69, 9.17) is 17.0 Å². The summed E-state index contributed by atoms with van der Waals surface area (Å²) < 4.78 is 6.68. The highest BCUT2D eigenvalue weighted by Gasteiger charge is 2.38. The van der Waals surface area contributed by atoms with Gasteiger partial charge in [0, 0.05) is 17.9 Å². The average Bonchev–Trinajstić information content (AvgIpc) is 2.75. The molecule has 4 heteroatoms. The van der Waals surface area contributed by atoms with Gasteiger partial charge < -0.3 is 9.72 Å². The van der Waals surface area contributed by atoms with Crippen molar-refractivity contribution in [3.8, 4) is 0 Å². The number of nitrogens with zero attached hydrogens (tertiary/aromatic N) is 1. The summed E-state index contributed by atoms with van der Waals surface area (Å²) in [6.07, 6.45) is 4.49. The SMILES string of the molecule is CCOC1(c2nc(=S)c(C)c(C)[nH]2)CCCC1. The van der Waals surface area contributed by atoms with Crippen LogP contribution in [0.2, 0.25) is 0 Å². The van der Waals surface area contributed by atoms with E-state index < -0.39 is 0 Å². The molecule has 1 fully saturated rings. The Balaban J connectivity index is 2.47. The summed E-state index contributed by atoms with van der Waals surface area (Å²) in [7, 11) is 0. The van der Waals surface area contributed by atoms with Crippen molar-refractivity contribution in [1.29, 1.82) is 0 Å². The Bertz CT molecular complexity index is 461. The zero-order chi connectivity index (χ0) is 12.5. The maximum atomic E-state index is 5.99. The minimum atomic E-state index is -0.221. The van der Waals surface area contributed by atoms with Gasteiger partial charge in [0.1, 0.15) is 16.1 Å². The number of nitrogens with one attached hydrogen (secondary N) is 1. The lowest BCUT2D eigenvalue weighted by Crippen LogP contribution is -2.29. The molecule has 0 aromatic carbocycles. The van der Waals surface area contributed by atoms with Crippen molar-refractivity contribution in [2.24, 2.45) is 0 Å². The summed E-state index contributed by atoms with van der Waals surface area (Å²) in [5.74, 6) is 0.921. The van der Waals surface area contributed by atoms with Gasteiger partial charge in [-0.3, -0.25) is 0 Å². The van der Waals surface area contributed by atoms with Gasteiger partial charge in [-0.15, -0.1) is 0 Å². The summed E-state index contributed by atoms with van der Waals surface area (Å²) in [6.45, 7) is 6.81. The molecule has 1 aliphatic rings. The van der Waals surface area contributed by atoms with Crippen molar-refractivity contribution < 1.29 is 4.74 Å². The fraction of sp³-hybridized carbons (Fsp3) is 0.692. The Morgan fingerprint density at radius 2 is 2.00 bits per heavy atom. The Labute approximate surface area is 108 Å². The monoisotopic (exact) mass is 252 g/mol. The van der Waals surface area contributed by atoms with E-state index in [2.05, 4.69) is 9.97 Å². The Morgan fingerprint density at radius 3 is 2.53 bits per heavy atom. The number of ether oxygens (including phenoxy) is 1. The number of rotatable bonds is 3. The van der Waals surface area contributed by atoms with Crippen molar-refractivity contribution in [2.75, 3.05) is 6.61 Å². The number of aromatic amines is 1. The smallest absolute Gasteiger partial charge is 0.140 e. The first-order valence-corrected chi connectivity index (χ1v) is 6.72. The highest BCUT2D eigenvalue weighted by molar-refractivity contribution is 7.71. The van der Waals surface area contributed by atoms with Crippen molar-refractivity contribution in [3.05, 3.63) is 21.7 Å². The van der Waals surface area contributed by atoms with Gasteiger partial charge in [0.2, 0.25) is 0 Å². The van der Waals surface area contributed by atoms with E-state index in [0.29, 0.717) is 4.64 Å². The van der Waals surface area contributed by atoms with E-state index in [0.717, 1.165) is 36.5 Å². The van der Waals surface area contributed by atoms with Gasteiger partial charge in [-0.1, -0.05) is 12.2 Å². The molecule has 0 unspecified atom stereocenters. The van der Waals surface area contributed by atoms with Crippen LogP contribution in [0, 0.1) is 18.5 Å². The van der Waals surface area contributed by atoms with E-state index in [1.807, 2.05) is 20.8 Å². The van der Waals surface area contributed by atoms with Crippen LogP contribution >= 0.6 is 12.2 Å². The molecule has 1 aromatic rings. The first-order chi connectivity index (χ1) is 8.09. The van der Waals surface area contributed by atoms with Gasteiger partial charge in [0.05, 0.1) is 0 Å². The van der Waals surface area contributed by atoms with Gasteiger partial charge in [0.15, 0.2) is 0 Å². The van der Waals surface area contributed by atoms with Crippen LogP contribution in [0.5, 0.6) is 0 Å². The van der Waals surface area contributed by atoms with Gasteiger partial charge in [0.25, 0.3) is 0 Å². The Kier molecular flexibility index (Phi) is 3.64. The molecule has 1 heterocycles. The molecular weight excluding hydrogens is 232 g/mol. The van der Waals surface area contributed by atoms with Gasteiger partial charge in [-0.25, -0.2) is 4.98 Å². The van der Waals surface area contributed by atoms with Crippen molar-refractivity contribution in [2.45, 2.75) is 52.1 Å². The average molecular weight is 252 g/mol. The number of hydrogen-bond donors (Lipinski definition) is 1. The largest absolute Gasteiger partial charge is 0.367 e. The normalized spacial score (nSPS) is 18.5. The highest BCUT2D eigenvalue weighted by Crippen LogP contribution is 2.40. The third-order valence-corrected chi connectivity index (χ3v) is 4.06. The molecule has 94 valence electrons. The fourth-order valence-electron chi connectivity index (χ4n) is 2.53. The molecule has 2 rings (SSSR count). The summed E-state index contributed by atoms with van der Waals surface area (Å²) >= 11 is 5.31. The predicted octanol–water partition coefficient (Wildman–Crippen LogP) is 3.56. The van der Waals surface area contributed by atoms with E-state index in [-0.39, 0.29) is 5.60 Å². The van der Waals surface area contributed by atoms with Gasteiger partial charge in [-0.2, -0.15) is 0 Å². The van der Waals surface area contributed by atoms with Crippen LogP contribution in [0.15, 0.2) is 0 Å². The summed E-state index contributed by atoms with van der Waals surface area (Å²) in [4.78, 5) is 7.92. The maximum Gasteiger partial charge on any atom is 0.140 e. The lowest BCUT2D eigenvalue weighted by molar-refractivity contribution is -0.0459. The second-order valence-electron chi connectivity index (χ2n) is 4.77. The molecule has 1 N–H and O–H groups in total. The van der Waals surface area contributed by atoms with Crippen LogP contribution in [-0.2, 0) is 10.3 Å². The number of hydrogen-bond acceptors (Lipinski definition) is 3. The van der Waals surface area contributed by atoms with Crippen molar-refractivity contribution >= 4 is 12.2 Å². The lowest BCUT2D eigenvalue weighted by Gasteiger charge is -2.28. The van der Waals surface area contributed by atoms with Crippen LogP contribution in [0.25, 0.3) is 0 Å². The molecule has 17 heavy (non-hydrogen) atoms. The maximum absolute atomic E-state index is 5.99. The van der Waals surface area contributed by atoms with E-state index in [9.17, 15) is 0 Å². The third-order valence-electron chi connectivity index (χ3n) is 3.67. The molecule has 0 amide bonds. The molecule has 0 bridgehead atoms. The second-order valence-corrected chi connectivity index (χ2v) is 5.16. The highest BCUT2D eigenvalue weighted by atomic mass is 32.1. The van der Waals surface area contributed by atoms with Crippen LogP contribution in [-0.4, -0.2) is 16.6 Å². The summed E-state index contributed by atoms with van der Waals surface area (Å²) in [6, 6.07) is 0. The molecule has 0 spiro atoms. The molecule has 1 saturated carbocycles. The molecule has 3 nitrogen and oxygen atoms in total. The molecule has 0 atom stereocenters. The van der Waals surface area contributed by atoms with Gasteiger partial charge >= 0.3 is 0 Å². The molecule has 1 aliphatic carbocycles. The first-order valence-electron chi connectivity index (χ1n) is 6.31. The van der Waals surface area contributed by atoms with Crippen LogP contribution in [0.1, 0.15) is 49.7 Å². The Morgan fingerprint density at radius 1 is 1.35 bits per heavy atom. The lowest BCUT2D eigenvalue weighted by atomic mass is 10.0. The van der Waals surface area contributed by atoms with Crippen molar-refractivity contribution in [3.63, 3.8) is 0 Å². The number of aryl methyl sites for hydroxylation is 1. The molecule has 0 radical (unpaired) electrons. The standard InChI is InChI=1S/C13H20N2OS/c1-4-16-13(7-5-6-8-13)12-14-10(3)9(2)11(17)15-12/h4-8H2,1-3H3,(H,14,15,17). The summed E-state index contributed by atoms with van der Waals surface area (Å²) in [5, 5.41) is 0. The third kappa shape index (κ3) is 2.29. The van der Waals surface area contributed by atoms with Crippen LogP contribution < -0.4 is 0 Å². The molecule has 1 aromatic heterocycles. The molecule has 0 aliphatic heterocycles. The zero-order valence-corrected chi connectivity index (χ0v) is 11.6. The molecule has 0 saturated heterocycles. The van der Waals surface area contributed by atoms with E-state index in [1.165, 1.54) is 12.8 Å². The topological polar surface area (TPSA) is 37.9 Å². The van der Waals surface area contributed by atoms with Gasteiger partial charge in [-0.05, 0) is 46.5 Å². The predicted molar refractivity (Wildman–Crippen MR) is 70.7 cm³/mol. The van der Waals surface area contributed by atoms with Crippen LogP contribution in [0.3, 0.4) is 0 Å².